The average Bonchev–Trinajstić information content (AvgIpc) is 2.09. The van der Waals surface area contributed by atoms with Gasteiger partial charge in [-0.25, -0.2) is 0 Å². The molecule has 4 nitrogen and oxygen atoms in total. The van der Waals surface area contributed by atoms with Crippen LogP contribution in [0.4, 0.5) is 0 Å². The molecule has 0 aromatic heterocycles. The molecule has 1 saturated heterocycles. The van der Waals surface area contributed by atoms with E-state index in [1.54, 1.807) is 4.90 Å². The second-order valence-corrected chi connectivity index (χ2v) is 4.52. The van der Waals surface area contributed by atoms with E-state index in [1.807, 2.05) is 0 Å². The third-order valence-corrected chi connectivity index (χ3v) is 2.43. The minimum absolute atomic E-state index is 0.0269. The molecule has 15 heavy (non-hydrogen) atoms. The number of carbonyl (C=O) groups is 2. The van der Waals surface area contributed by atoms with Gasteiger partial charge in [-0.1, -0.05) is 13.8 Å². The van der Waals surface area contributed by atoms with Gasteiger partial charge in [-0.3, -0.25) is 9.59 Å². The maximum Gasteiger partial charge on any atom is 0.249 e. The summed E-state index contributed by atoms with van der Waals surface area (Å²) in [5.41, 5.74) is 0. The summed E-state index contributed by atoms with van der Waals surface area (Å²) >= 11 is 0. The van der Waals surface area contributed by atoms with Gasteiger partial charge in [-0.05, 0) is 19.3 Å². The van der Waals surface area contributed by atoms with Crippen LogP contribution in [0.5, 0.6) is 0 Å². The van der Waals surface area contributed by atoms with Crippen LogP contribution in [0, 0.1) is 5.92 Å². The molecule has 1 fully saturated rings. The molecule has 0 aromatic rings. The van der Waals surface area contributed by atoms with E-state index in [0.29, 0.717) is 12.5 Å². The van der Waals surface area contributed by atoms with Crippen LogP contribution in [0.1, 0.15) is 27.2 Å². The van der Waals surface area contributed by atoms with Gasteiger partial charge < -0.3 is 9.64 Å². The molecule has 0 radical (unpaired) electrons. The normalized spacial score (nSPS) is 22.3. The summed E-state index contributed by atoms with van der Waals surface area (Å²) in [6.45, 7) is 6.60. The lowest BCUT2D eigenvalue weighted by atomic mass is 10.0. The molecule has 0 aromatic carbocycles. The highest BCUT2D eigenvalue weighted by molar-refractivity contribution is 5.85. The molecule has 0 spiro atoms. The van der Waals surface area contributed by atoms with E-state index in [1.165, 1.54) is 6.92 Å². The van der Waals surface area contributed by atoms with Gasteiger partial charge in [0.2, 0.25) is 5.91 Å². The van der Waals surface area contributed by atoms with Gasteiger partial charge >= 0.3 is 0 Å². The molecule has 0 saturated carbocycles. The Labute approximate surface area is 90.6 Å². The molecule has 1 amide bonds. The quantitative estimate of drug-likeness (QED) is 0.695. The molecule has 1 rings (SSSR count). The van der Waals surface area contributed by atoms with Gasteiger partial charge in [0.05, 0.1) is 19.2 Å². The highest BCUT2D eigenvalue weighted by atomic mass is 16.5. The fraction of sp³-hybridized carbons (Fsp3) is 0.818. The number of carbonyl (C=O) groups excluding carboxylic acids is 2. The van der Waals surface area contributed by atoms with Crippen molar-refractivity contribution in [1.82, 2.24) is 4.90 Å². The first kappa shape index (κ1) is 12.2. The lowest BCUT2D eigenvalue weighted by Gasteiger charge is -2.35. The van der Waals surface area contributed by atoms with Crippen LogP contribution >= 0.6 is 0 Å². The molecule has 0 aliphatic carbocycles. The Balaban J connectivity index is 2.63. The highest BCUT2D eigenvalue weighted by Gasteiger charge is 2.29. The second-order valence-electron chi connectivity index (χ2n) is 4.52. The number of nitrogens with zero attached hydrogens (tertiary/aromatic N) is 1. The lowest BCUT2D eigenvalue weighted by Crippen LogP contribution is -2.51. The summed E-state index contributed by atoms with van der Waals surface area (Å²) in [7, 11) is 0. The second kappa shape index (κ2) is 5.26. The topological polar surface area (TPSA) is 46.6 Å². The third-order valence-electron chi connectivity index (χ3n) is 2.43. The maximum absolute atomic E-state index is 11.6. The minimum Gasteiger partial charge on any atom is -0.369 e. The van der Waals surface area contributed by atoms with Crippen molar-refractivity contribution in [2.24, 2.45) is 5.92 Å². The monoisotopic (exact) mass is 213 g/mol. The summed E-state index contributed by atoms with van der Waals surface area (Å²) in [5.74, 6) is 0.458. The van der Waals surface area contributed by atoms with Crippen molar-refractivity contribution in [3.05, 3.63) is 0 Å². The van der Waals surface area contributed by atoms with Crippen molar-refractivity contribution in [3.8, 4) is 0 Å². The Morgan fingerprint density at radius 3 is 2.80 bits per heavy atom. The predicted molar refractivity (Wildman–Crippen MR) is 56.5 cm³/mol. The standard InChI is InChI=1S/C11H19NO3/c1-8(2)4-10-6-15-7-11(14)12(10)5-9(3)13/h8,10H,4-7H2,1-3H3. The van der Waals surface area contributed by atoms with Crippen LogP contribution in [-0.4, -0.2) is 42.4 Å². The van der Waals surface area contributed by atoms with Crippen molar-refractivity contribution in [2.75, 3.05) is 19.8 Å². The number of ether oxygens (including phenoxy) is 1. The minimum atomic E-state index is -0.0675. The van der Waals surface area contributed by atoms with Crippen LogP contribution < -0.4 is 0 Å². The molecule has 0 N–H and O–H groups in total. The Morgan fingerprint density at radius 1 is 1.60 bits per heavy atom. The van der Waals surface area contributed by atoms with E-state index in [9.17, 15) is 9.59 Å². The Bertz CT molecular complexity index is 250. The van der Waals surface area contributed by atoms with Gasteiger partial charge in [-0.15, -0.1) is 0 Å². The molecule has 0 bridgehead atoms. The summed E-state index contributed by atoms with van der Waals surface area (Å²) in [6, 6.07) is 0.0650. The molecule has 1 heterocycles. The van der Waals surface area contributed by atoms with Crippen molar-refractivity contribution in [3.63, 3.8) is 0 Å². The molecular formula is C11H19NO3. The molecule has 4 heteroatoms. The fourth-order valence-corrected chi connectivity index (χ4v) is 1.86. The zero-order valence-corrected chi connectivity index (χ0v) is 9.66. The van der Waals surface area contributed by atoms with Crippen molar-refractivity contribution in [2.45, 2.75) is 33.2 Å². The summed E-state index contributed by atoms with van der Waals surface area (Å²) in [5, 5.41) is 0. The number of ketones is 1. The Kier molecular flexibility index (Phi) is 4.27. The SMILES string of the molecule is CC(=O)CN1C(=O)COCC1CC(C)C. The summed E-state index contributed by atoms with van der Waals surface area (Å²) in [4.78, 5) is 24.3. The van der Waals surface area contributed by atoms with Crippen LogP contribution in [0.2, 0.25) is 0 Å². The van der Waals surface area contributed by atoms with Crippen molar-refractivity contribution >= 4 is 11.7 Å². The van der Waals surface area contributed by atoms with E-state index >= 15 is 0 Å². The van der Waals surface area contributed by atoms with Gasteiger partial charge in [0.15, 0.2) is 0 Å². The summed E-state index contributed by atoms with van der Waals surface area (Å²) in [6.07, 6.45) is 0.888. The highest BCUT2D eigenvalue weighted by Crippen LogP contribution is 2.16. The van der Waals surface area contributed by atoms with Crippen molar-refractivity contribution in [1.29, 1.82) is 0 Å². The van der Waals surface area contributed by atoms with Crippen LogP contribution in [0.25, 0.3) is 0 Å². The zero-order chi connectivity index (χ0) is 11.4. The van der Waals surface area contributed by atoms with Crippen LogP contribution in [-0.2, 0) is 14.3 Å². The zero-order valence-electron chi connectivity index (χ0n) is 9.66. The Morgan fingerprint density at radius 2 is 2.27 bits per heavy atom. The number of rotatable bonds is 4. The van der Waals surface area contributed by atoms with Crippen LogP contribution in [0.15, 0.2) is 0 Å². The van der Waals surface area contributed by atoms with Gasteiger partial charge in [0.25, 0.3) is 0 Å². The van der Waals surface area contributed by atoms with E-state index in [4.69, 9.17) is 4.74 Å². The first-order chi connectivity index (χ1) is 7.00. The number of hydrogen-bond acceptors (Lipinski definition) is 3. The lowest BCUT2D eigenvalue weighted by molar-refractivity contribution is -0.151. The number of Topliss-reactive ketones (excluding diaryl/α,β-unsaturated/α-hetero) is 1. The fourth-order valence-electron chi connectivity index (χ4n) is 1.86. The smallest absolute Gasteiger partial charge is 0.249 e. The number of amides is 1. The van der Waals surface area contributed by atoms with Gasteiger partial charge in [-0.2, -0.15) is 0 Å². The molecular weight excluding hydrogens is 194 g/mol. The molecule has 1 aliphatic rings. The first-order valence-electron chi connectivity index (χ1n) is 5.37. The van der Waals surface area contributed by atoms with Crippen molar-refractivity contribution < 1.29 is 14.3 Å². The molecule has 1 unspecified atom stereocenters. The van der Waals surface area contributed by atoms with Crippen LogP contribution in [0.3, 0.4) is 0 Å². The first-order valence-corrected chi connectivity index (χ1v) is 5.37. The van der Waals surface area contributed by atoms with E-state index in [0.717, 1.165) is 6.42 Å². The molecule has 86 valence electrons. The largest absolute Gasteiger partial charge is 0.369 e. The van der Waals surface area contributed by atoms with Gasteiger partial charge in [0, 0.05) is 0 Å². The Hall–Kier alpha value is -0.900. The van der Waals surface area contributed by atoms with E-state index in [2.05, 4.69) is 13.8 Å². The maximum atomic E-state index is 11.6. The number of hydrogen-bond donors (Lipinski definition) is 0. The summed E-state index contributed by atoms with van der Waals surface area (Å²) < 4.78 is 5.20. The average molecular weight is 213 g/mol. The van der Waals surface area contributed by atoms with E-state index < -0.39 is 0 Å². The predicted octanol–water partition coefficient (Wildman–Crippen LogP) is 0.849. The van der Waals surface area contributed by atoms with Gasteiger partial charge in [0.1, 0.15) is 12.4 Å². The molecule has 1 aliphatic heterocycles. The van der Waals surface area contributed by atoms with E-state index in [-0.39, 0.29) is 30.9 Å². The third kappa shape index (κ3) is 3.63. The molecule has 1 atom stereocenters. The number of morpholine rings is 1.